The SMILES string of the molecule is NC(=O)n1c(O)c(C(=O)Nc2ccc(C3CCCCC3)cc2)c2c(Br)cccc21. The van der Waals surface area contributed by atoms with Crippen molar-refractivity contribution in [1.82, 2.24) is 4.57 Å². The van der Waals surface area contributed by atoms with Gasteiger partial charge in [0.2, 0.25) is 5.88 Å². The monoisotopic (exact) mass is 455 g/mol. The van der Waals surface area contributed by atoms with Crippen molar-refractivity contribution in [2.45, 2.75) is 38.0 Å². The maximum atomic E-state index is 13.0. The van der Waals surface area contributed by atoms with Crippen LogP contribution in [-0.4, -0.2) is 21.6 Å². The summed E-state index contributed by atoms with van der Waals surface area (Å²) in [4.78, 5) is 24.8. The molecule has 3 aromatic rings. The van der Waals surface area contributed by atoms with E-state index >= 15 is 0 Å². The van der Waals surface area contributed by atoms with E-state index in [2.05, 4.69) is 21.2 Å². The zero-order valence-electron chi connectivity index (χ0n) is 15.8. The molecule has 2 aromatic carbocycles. The predicted octanol–water partition coefficient (Wildman–Crippen LogP) is 5.34. The maximum Gasteiger partial charge on any atom is 0.326 e. The fourth-order valence-electron chi connectivity index (χ4n) is 4.19. The molecule has 1 aromatic heterocycles. The molecule has 0 radical (unpaired) electrons. The number of anilines is 1. The third-order valence-electron chi connectivity index (χ3n) is 5.61. The molecule has 4 N–H and O–H groups in total. The first-order chi connectivity index (χ1) is 14.0. The van der Waals surface area contributed by atoms with Gasteiger partial charge in [-0.1, -0.05) is 53.4 Å². The highest BCUT2D eigenvalue weighted by Gasteiger charge is 2.26. The lowest BCUT2D eigenvalue weighted by Gasteiger charge is -2.22. The van der Waals surface area contributed by atoms with Crippen molar-refractivity contribution in [2.75, 3.05) is 5.32 Å². The minimum absolute atomic E-state index is 0.00244. The Morgan fingerprint density at radius 1 is 1.07 bits per heavy atom. The molecule has 0 unspecified atom stereocenters. The molecule has 0 atom stereocenters. The number of halogens is 1. The fraction of sp³-hybridized carbons (Fsp3) is 0.273. The second-order valence-electron chi connectivity index (χ2n) is 7.42. The van der Waals surface area contributed by atoms with Crippen LogP contribution in [0.1, 0.15) is 53.9 Å². The summed E-state index contributed by atoms with van der Waals surface area (Å²) in [6, 6.07) is 12.1. The summed E-state index contributed by atoms with van der Waals surface area (Å²) in [5.74, 6) is -0.400. The van der Waals surface area contributed by atoms with Gasteiger partial charge in [0, 0.05) is 15.5 Å². The third kappa shape index (κ3) is 3.62. The summed E-state index contributed by atoms with van der Waals surface area (Å²) in [6.07, 6.45) is 6.26. The van der Waals surface area contributed by atoms with Crippen molar-refractivity contribution in [3.63, 3.8) is 0 Å². The molecule has 1 saturated carbocycles. The van der Waals surface area contributed by atoms with Gasteiger partial charge in [0.25, 0.3) is 5.91 Å². The minimum atomic E-state index is -0.860. The van der Waals surface area contributed by atoms with Crippen LogP contribution in [0.15, 0.2) is 46.9 Å². The van der Waals surface area contributed by atoms with Crippen molar-refractivity contribution in [1.29, 1.82) is 0 Å². The Hall–Kier alpha value is -2.80. The van der Waals surface area contributed by atoms with Crippen molar-refractivity contribution in [3.05, 3.63) is 58.1 Å². The highest BCUT2D eigenvalue weighted by molar-refractivity contribution is 9.10. The lowest BCUT2D eigenvalue weighted by atomic mass is 9.84. The number of nitrogens with two attached hydrogens (primary N) is 1. The Bertz CT molecular complexity index is 1080. The van der Waals surface area contributed by atoms with Gasteiger partial charge in [0.1, 0.15) is 5.56 Å². The van der Waals surface area contributed by atoms with Gasteiger partial charge in [-0.15, -0.1) is 0 Å². The summed E-state index contributed by atoms with van der Waals surface area (Å²) in [5, 5.41) is 13.8. The molecule has 0 spiro atoms. The van der Waals surface area contributed by atoms with Gasteiger partial charge in [-0.05, 0) is 48.6 Å². The molecular weight excluding hydrogens is 434 g/mol. The quantitative estimate of drug-likeness (QED) is 0.497. The summed E-state index contributed by atoms with van der Waals surface area (Å²) < 4.78 is 1.52. The lowest BCUT2D eigenvalue weighted by Crippen LogP contribution is -2.19. The van der Waals surface area contributed by atoms with Crippen molar-refractivity contribution in [2.24, 2.45) is 5.73 Å². The Morgan fingerprint density at radius 3 is 2.41 bits per heavy atom. The van der Waals surface area contributed by atoms with Gasteiger partial charge in [0.05, 0.1) is 5.52 Å². The van der Waals surface area contributed by atoms with E-state index in [-0.39, 0.29) is 5.56 Å². The first-order valence-corrected chi connectivity index (χ1v) is 10.5. The number of amides is 2. The number of aromatic nitrogens is 1. The van der Waals surface area contributed by atoms with Gasteiger partial charge in [-0.25, -0.2) is 9.36 Å². The summed E-state index contributed by atoms with van der Waals surface area (Å²) in [7, 11) is 0. The van der Waals surface area contributed by atoms with Crippen LogP contribution in [0.25, 0.3) is 10.9 Å². The van der Waals surface area contributed by atoms with E-state index in [4.69, 9.17) is 5.73 Å². The fourth-order valence-corrected chi connectivity index (χ4v) is 4.74. The predicted molar refractivity (Wildman–Crippen MR) is 117 cm³/mol. The standard InChI is InChI=1S/C22H22BrN3O3/c23-16-7-4-8-17-18(16)19(21(28)26(17)22(24)29)20(27)25-15-11-9-14(10-12-15)13-5-2-1-3-6-13/h4,7-13,28H,1-3,5-6H2,(H2,24,29)(H,25,27). The molecule has 1 aliphatic rings. The maximum absolute atomic E-state index is 13.0. The van der Waals surface area contributed by atoms with E-state index < -0.39 is 17.8 Å². The zero-order chi connectivity index (χ0) is 20.5. The largest absolute Gasteiger partial charge is 0.494 e. The summed E-state index contributed by atoms with van der Waals surface area (Å²) >= 11 is 3.40. The topological polar surface area (TPSA) is 97.3 Å². The molecule has 7 heteroatoms. The average molecular weight is 456 g/mol. The molecule has 6 nitrogen and oxygen atoms in total. The number of carbonyl (C=O) groups excluding carboxylic acids is 2. The smallest absolute Gasteiger partial charge is 0.326 e. The van der Waals surface area contributed by atoms with E-state index in [9.17, 15) is 14.7 Å². The number of hydrogen-bond acceptors (Lipinski definition) is 3. The van der Waals surface area contributed by atoms with Crippen LogP contribution in [-0.2, 0) is 0 Å². The Labute approximate surface area is 176 Å². The van der Waals surface area contributed by atoms with Crippen molar-refractivity contribution >= 4 is 44.5 Å². The first-order valence-electron chi connectivity index (χ1n) is 9.70. The second-order valence-corrected chi connectivity index (χ2v) is 8.27. The van der Waals surface area contributed by atoms with Gasteiger partial charge in [-0.2, -0.15) is 0 Å². The van der Waals surface area contributed by atoms with Crippen LogP contribution in [0.4, 0.5) is 10.5 Å². The van der Waals surface area contributed by atoms with Crippen LogP contribution in [0, 0.1) is 0 Å². The van der Waals surface area contributed by atoms with Crippen LogP contribution in [0.5, 0.6) is 5.88 Å². The molecule has 1 heterocycles. The van der Waals surface area contributed by atoms with Crippen molar-refractivity contribution in [3.8, 4) is 5.88 Å². The van der Waals surface area contributed by atoms with E-state index in [0.717, 1.165) is 4.57 Å². The molecule has 0 aliphatic heterocycles. The number of benzene rings is 2. The normalized spacial score (nSPS) is 14.8. The number of aromatic hydroxyl groups is 1. The zero-order valence-corrected chi connectivity index (χ0v) is 17.4. The van der Waals surface area contributed by atoms with Crippen LogP contribution >= 0.6 is 15.9 Å². The first kappa shape index (κ1) is 19.5. The number of primary amides is 1. The number of nitrogens with zero attached hydrogens (tertiary/aromatic N) is 1. The molecule has 29 heavy (non-hydrogen) atoms. The van der Waals surface area contributed by atoms with E-state index in [1.54, 1.807) is 18.2 Å². The summed E-state index contributed by atoms with van der Waals surface area (Å²) in [6.45, 7) is 0. The molecule has 1 aliphatic carbocycles. The molecule has 0 bridgehead atoms. The van der Waals surface area contributed by atoms with Gasteiger partial charge in [0.15, 0.2) is 0 Å². The van der Waals surface area contributed by atoms with E-state index in [1.165, 1.54) is 37.7 Å². The third-order valence-corrected chi connectivity index (χ3v) is 6.27. The van der Waals surface area contributed by atoms with Crippen molar-refractivity contribution < 1.29 is 14.7 Å². The van der Waals surface area contributed by atoms with Crippen LogP contribution < -0.4 is 11.1 Å². The molecule has 150 valence electrons. The molecule has 0 saturated heterocycles. The highest BCUT2D eigenvalue weighted by Crippen LogP contribution is 2.37. The lowest BCUT2D eigenvalue weighted by molar-refractivity contribution is 0.102. The number of fused-ring (bicyclic) bond motifs is 1. The molecule has 2 amide bonds. The molecule has 4 rings (SSSR count). The average Bonchev–Trinajstić information content (AvgIpc) is 3.02. The van der Waals surface area contributed by atoms with Crippen LogP contribution in [0.3, 0.4) is 0 Å². The van der Waals surface area contributed by atoms with Crippen LogP contribution in [0.2, 0.25) is 0 Å². The summed E-state index contributed by atoms with van der Waals surface area (Å²) in [5.41, 5.74) is 7.68. The van der Waals surface area contributed by atoms with Gasteiger partial charge in [-0.3, -0.25) is 4.79 Å². The molecular formula is C22H22BrN3O3. The minimum Gasteiger partial charge on any atom is -0.494 e. The van der Waals surface area contributed by atoms with Gasteiger partial charge >= 0.3 is 6.03 Å². The van der Waals surface area contributed by atoms with Gasteiger partial charge < -0.3 is 16.2 Å². The number of carbonyl (C=O) groups is 2. The Morgan fingerprint density at radius 2 is 1.76 bits per heavy atom. The molecule has 1 fully saturated rings. The second kappa shape index (κ2) is 7.91. The number of nitrogens with one attached hydrogen (secondary N) is 1. The van der Waals surface area contributed by atoms with E-state index in [1.807, 2.05) is 24.3 Å². The Balaban J connectivity index is 1.64. The number of rotatable bonds is 3. The highest BCUT2D eigenvalue weighted by atomic mass is 79.9. The van der Waals surface area contributed by atoms with E-state index in [0.29, 0.717) is 27.0 Å². The number of hydrogen-bond donors (Lipinski definition) is 3. The Kier molecular flexibility index (Phi) is 5.32.